The molecule has 2 amide bonds. The molecule has 0 aromatic carbocycles. The number of carbonyl (C=O) groups excluding carboxylic acids is 1. The van der Waals surface area contributed by atoms with Gasteiger partial charge >= 0.3 is 6.03 Å². The van der Waals surface area contributed by atoms with E-state index in [-0.39, 0.29) is 24.8 Å². The quantitative estimate of drug-likeness (QED) is 0.668. The minimum atomic E-state index is -0.202. The fourth-order valence-corrected chi connectivity index (χ4v) is 2.27. The van der Waals surface area contributed by atoms with E-state index in [4.69, 9.17) is 5.11 Å². The fraction of sp³-hybridized carbons (Fsp3) is 0.923. The van der Waals surface area contributed by atoms with Crippen molar-refractivity contribution in [2.45, 2.75) is 57.6 Å². The monoisotopic (exact) mass is 258 g/mol. The minimum Gasteiger partial charge on any atom is -0.395 e. The lowest BCUT2D eigenvalue weighted by Crippen LogP contribution is -2.47. The third-order valence-electron chi connectivity index (χ3n) is 3.46. The predicted molar refractivity (Wildman–Crippen MR) is 70.4 cm³/mol. The average Bonchev–Trinajstić information content (AvgIpc) is 2.37. The molecule has 0 heterocycles. The summed E-state index contributed by atoms with van der Waals surface area (Å²) in [5, 5.41) is 21.4. The van der Waals surface area contributed by atoms with Gasteiger partial charge in [0.15, 0.2) is 0 Å². The molecule has 0 aromatic rings. The number of aliphatic hydroxyl groups is 2. The molecule has 0 aliphatic heterocycles. The molecule has 1 saturated carbocycles. The lowest BCUT2D eigenvalue weighted by atomic mass is 9.93. The summed E-state index contributed by atoms with van der Waals surface area (Å²) in [4.78, 5) is 13.7. The van der Waals surface area contributed by atoms with Gasteiger partial charge in [-0.2, -0.15) is 0 Å². The summed E-state index contributed by atoms with van der Waals surface area (Å²) in [6.45, 7) is 3.16. The average molecular weight is 258 g/mol. The van der Waals surface area contributed by atoms with Crippen LogP contribution in [0.4, 0.5) is 4.79 Å². The highest BCUT2D eigenvalue weighted by atomic mass is 16.3. The molecule has 0 saturated heterocycles. The van der Waals surface area contributed by atoms with Crippen LogP contribution in [0.15, 0.2) is 0 Å². The van der Waals surface area contributed by atoms with Crippen LogP contribution >= 0.6 is 0 Å². The third-order valence-corrected chi connectivity index (χ3v) is 3.46. The van der Waals surface area contributed by atoms with Crippen LogP contribution < -0.4 is 5.32 Å². The molecule has 0 bridgehead atoms. The number of hydrogen-bond donors (Lipinski definition) is 3. The van der Waals surface area contributed by atoms with E-state index in [0.29, 0.717) is 13.1 Å². The zero-order valence-corrected chi connectivity index (χ0v) is 11.3. The number of unbranched alkanes of at least 4 members (excludes halogenated alkanes) is 1. The van der Waals surface area contributed by atoms with Crippen molar-refractivity contribution in [3.05, 3.63) is 0 Å². The molecule has 1 aliphatic carbocycles. The van der Waals surface area contributed by atoms with Gasteiger partial charge in [-0.1, -0.05) is 13.3 Å². The molecule has 18 heavy (non-hydrogen) atoms. The first-order valence-corrected chi connectivity index (χ1v) is 7.01. The van der Waals surface area contributed by atoms with Crippen LogP contribution in [0.25, 0.3) is 0 Å². The normalized spacial score (nSPS) is 23.7. The van der Waals surface area contributed by atoms with Gasteiger partial charge in [-0.05, 0) is 32.1 Å². The summed E-state index contributed by atoms with van der Waals surface area (Å²) >= 11 is 0. The maximum atomic E-state index is 12.0. The molecule has 1 aliphatic rings. The Bertz CT molecular complexity index is 240. The Morgan fingerprint density at radius 3 is 2.50 bits per heavy atom. The van der Waals surface area contributed by atoms with Gasteiger partial charge in [0.05, 0.1) is 12.7 Å². The number of hydrogen-bond acceptors (Lipinski definition) is 3. The number of nitrogens with one attached hydrogen (secondary N) is 1. The van der Waals surface area contributed by atoms with E-state index in [0.717, 1.165) is 38.5 Å². The maximum absolute atomic E-state index is 12.0. The number of nitrogens with zero attached hydrogens (tertiary/aromatic N) is 1. The maximum Gasteiger partial charge on any atom is 0.317 e. The van der Waals surface area contributed by atoms with E-state index in [9.17, 15) is 9.90 Å². The molecule has 5 heteroatoms. The van der Waals surface area contributed by atoms with Crippen molar-refractivity contribution >= 4 is 6.03 Å². The van der Waals surface area contributed by atoms with Crippen LogP contribution in [0.1, 0.15) is 45.4 Å². The summed E-state index contributed by atoms with van der Waals surface area (Å²) in [6, 6.07) is 0.0857. The van der Waals surface area contributed by atoms with Crippen molar-refractivity contribution in [2.24, 2.45) is 0 Å². The van der Waals surface area contributed by atoms with E-state index < -0.39 is 0 Å². The Kier molecular flexibility index (Phi) is 7.05. The number of aliphatic hydroxyl groups excluding tert-OH is 2. The largest absolute Gasteiger partial charge is 0.395 e. The highest BCUT2D eigenvalue weighted by Gasteiger charge is 2.22. The van der Waals surface area contributed by atoms with Gasteiger partial charge in [-0.3, -0.25) is 0 Å². The van der Waals surface area contributed by atoms with Crippen molar-refractivity contribution in [3.63, 3.8) is 0 Å². The lowest BCUT2D eigenvalue weighted by molar-refractivity contribution is 0.114. The molecule has 1 fully saturated rings. The Labute approximate surface area is 109 Å². The molecule has 0 unspecified atom stereocenters. The predicted octanol–water partition coefficient (Wildman–Crippen LogP) is 1.09. The van der Waals surface area contributed by atoms with Gasteiger partial charge < -0.3 is 20.4 Å². The summed E-state index contributed by atoms with van der Waals surface area (Å²) < 4.78 is 0. The highest BCUT2D eigenvalue weighted by molar-refractivity contribution is 5.74. The number of rotatable bonds is 6. The topological polar surface area (TPSA) is 72.8 Å². The summed E-state index contributed by atoms with van der Waals surface area (Å²) in [6.07, 6.45) is 5.00. The second-order valence-electron chi connectivity index (χ2n) is 5.02. The molecule has 5 nitrogen and oxygen atoms in total. The minimum absolute atomic E-state index is 0.000511. The Morgan fingerprint density at radius 1 is 1.28 bits per heavy atom. The summed E-state index contributed by atoms with van der Waals surface area (Å²) in [5.74, 6) is 0. The molecule has 0 atom stereocenters. The SMILES string of the molecule is CCCCN(CCO)C(=O)NC1CCC(O)CC1. The Hall–Kier alpha value is -0.810. The summed E-state index contributed by atoms with van der Waals surface area (Å²) in [5.41, 5.74) is 0. The summed E-state index contributed by atoms with van der Waals surface area (Å²) in [7, 11) is 0. The second-order valence-corrected chi connectivity index (χ2v) is 5.02. The van der Waals surface area contributed by atoms with Crippen molar-refractivity contribution in [3.8, 4) is 0 Å². The molecule has 1 rings (SSSR count). The van der Waals surface area contributed by atoms with E-state index in [1.807, 2.05) is 0 Å². The first kappa shape index (κ1) is 15.2. The zero-order chi connectivity index (χ0) is 13.4. The standard InChI is InChI=1S/C13H26N2O3/c1-2-3-8-15(9-10-16)13(18)14-11-4-6-12(17)7-5-11/h11-12,16-17H,2-10H2,1H3,(H,14,18). The van der Waals surface area contributed by atoms with Crippen molar-refractivity contribution in [1.82, 2.24) is 10.2 Å². The van der Waals surface area contributed by atoms with Crippen LogP contribution in [0, 0.1) is 0 Å². The van der Waals surface area contributed by atoms with E-state index >= 15 is 0 Å². The van der Waals surface area contributed by atoms with Gasteiger partial charge in [-0.15, -0.1) is 0 Å². The Balaban J connectivity index is 2.35. The van der Waals surface area contributed by atoms with Gasteiger partial charge in [-0.25, -0.2) is 4.79 Å². The molecule has 0 radical (unpaired) electrons. The molecule has 0 spiro atoms. The highest BCUT2D eigenvalue weighted by Crippen LogP contribution is 2.18. The number of carbonyl (C=O) groups is 1. The Morgan fingerprint density at radius 2 is 1.94 bits per heavy atom. The zero-order valence-electron chi connectivity index (χ0n) is 11.3. The van der Waals surface area contributed by atoms with E-state index in [1.165, 1.54) is 0 Å². The molecule has 0 aromatic heterocycles. The molecular weight excluding hydrogens is 232 g/mol. The first-order valence-electron chi connectivity index (χ1n) is 7.01. The number of amides is 2. The third kappa shape index (κ3) is 5.23. The van der Waals surface area contributed by atoms with Crippen LogP contribution in [0.2, 0.25) is 0 Å². The van der Waals surface area contributed by atoms with E-state index in [1.54, 1.807) is 4.90 Å². The molecular formula is C13H26N2O3. The smallest absolute Gasteiger partial charge is 0.317 e. The van der Waals surface area contributed by atoms with Gasteiger partial charge in [0, 0.05) is 19.1 Å². The van der Waals surface area contributed by atoms with Gasteiger partial charge in [0.2, 0.25) is 0 Å². The fourth-order valence-electron chi connectivity index (χ4n) is 2.27. The van der Waals surface area contributed by atoms with Crippen molar-refractivity contribution in [1.29, 1.82) is 0 Å². The second kappa shape index (κ2) is 8.32. The van der Waals surface area contributed by atoms with Crippen molar-refractivity contribution in [2.75, 3.05) is 19.7 Å². The van der Waals surface area contributed by atoms with Crippen LogP contribution in [-0.4, -0.2) is 53.0 Å². The molecule has 3 N–H and O–H groups in total. The lowest BCUT2D eigenvalue weighted by Gasteiger charge is -2.29. The molecule has 106 valence electrons. The van der Waals surface area contributed by atoms with Crippen LogP contribution in [0.3, 0.4) is 0 Å². The number of urea groups is 1. The van der Waals surface area contributed by atoms with Gasteiger partial charge in [0.25, 0.3) is 0 Å². The van der Waals surface area contributed by atoms with Crippen LogP contribution in [0.5, 0.6) is 0 Å². The van der Waals surface area contributed by atoms with E-state index in [2.05, 4.69) is 12.2 Å². The first-order chi connectivity index (χ1) is 8.67. The van der Waals surface area contributed by atoms with Gasteiger partial charge in [0.1, 0.15) is 0 Å². The van der Waals surface area contributed by atoms with Crippen molar-refractivity contribution < 1.29 is 15.0 Å². The van der Waals surface area contributed by atoms with Crippen LogP contribution in [-0.2, 0) is 0 Å².